The van der Waals surface area contributed by atoms with Gasteiger partial charge in [-0.2, -0.15) is 5.26 Å². The van der Waals surface area contributed by atoms with Crippen molar-refractivity contribution in [2.75, 3.05) is 9.80 Å². The number of alkyl halides is 2. The summed E-state index contributed by atoms with van der Waals surface area (Å²) in [4.78, 5) is 46.8. The van der Waals surface area contributed by atoms with Crippen LogP contribution in [0.4, 0.5) is 29.1 Å². The van der Waals surface area contributed by atoms with Gasteiger partial charge < -0.3 is 10.4 Å². The number of hydrogen-bond donors (Lipinski definition) is 2. The van der Waals surface area contributed by atoms with Gasteiger partial charge in [0.2, 0.25) is 11.8 Å². The number of halogens is 5. The van der Waals surface area contributed by atoms with Crippen LogP contribution in [0.3, 0.4) is 0 Å². The first-order chi connectivity index (χ1) is 20.9. The number of aromatic nitrogens is 1. The number of nitriles is 1. The zero-order valence-electron chi connectivity index (χ0n) is 22.8. The van der Waals surface area contributed by atoms with Gasteiger partial charge in [-0.15, -0.1) is 0 Å². The second-order valence-electron chi connectivity index (χ2n) is 10.6. The molecule has 2 fully saturated rings. The van der Waals surface area contributed by atoms with Gasteiger partial charge in [-0.3, -0.25) is 24.2 Å². The molecule has 0 spiro atoms. The Balaban J connectivity index is 1.57. The van der Waals surface area contributed by atoms with Crippen molar-refractivity contribution < 1.29 is 37.1 Å². The maximum absolute atomic E-state index is 14.5. The van der Waals surface area contributed by atoms with Gasteiger partial charge in [0.25, 0.3) is 11.8 Å². The van der Waals surface area contributed by atoms with Gasteiger partial charge in [-0.25, -0.2) is 22.5 Å². The summed E-state index contributed by atoms with van der Waals surface area (Å²) in [5.74, 6) is -7.77. The van der Waals surface area contributed by atoms with Gasteiger partial charge in [-0.1, -0.05) is 29.8 Å². The summed E-state index contributed by atoms with van der Waals surface area (Å²) in [5, 5.41) is 22.2. The number of amides is 3. The molecule has 3 atom stereocenters. The highest BCUT2D eigenvalue weighted by atomic mass is 35.5. The van der Waals surface area contributed by atoms with Crippen molar-refractivity contribution in [3.8, 4) is 6.07 Å². The molecule has 5 rings (SSSR count). The van der Waals surface area contributed by atoms with Crippen molar-refractivity contribution in [2.45, 2.75) is 55.8 Å². The molecule has 0 bridgehead atoms. The van der Waals surface area contributed by atoms with Crippen LogP contribution in [0.1, 0.15) is 42.9 Å². The fourth-order valence-electron chi connectivity index (χ4n) is 5.45. The summed E-state index contributed by atoms with van der Waals surface area (Å²) in [6.45, 7) is 0. The highest BCUT2D eigenvalue weighted by molar-refractivity contribution is 6.31. The molecule has 1 saturated carbocycles. The Kier molecular flexibility index (Phi) is 8.58. The Morgan fingerprint density at radius 1 is 1.16 bits per heavy atom. The zero-order chi connectivity index (χ0) is 31.8. The lowest BCUT2D eigenvalue weighted by Crippen LogP contribution is -2.54. The third kappa shape index (κ3) is 6.36. The fourth-order valence-corrected chi connectivity index (χ4v) is 5.69. The summed E-state index contributed by atoms with van der Waals surface area (Å²) >= 11 is 6.43. The van der Waals surface area contributed by atoms with Crippen LogP contribution in [0.5, 0.6) is 0 Å². The minimum absolute atomic E-state index is 0.00637. The van der Waals surface area contributed by atoms with Crippen LogP contribution in [-0.2, 0) is 14.4 Å². The maximum atomic E-state index is 14.5. The van der Waals surface area contributed by atoms with E-state index in [-0.39, 0.29) is 34.1 Å². The summed E-state index contributed by atoms with van der Waals surface area (Å²) < 4.78 is 56.2. The Morgan fingerprint density at radius 2 is 1.84 bits per heavy atom. The number of carbonyl (C=O) groups is 3. The van der Waals surface area contributed by atoms with Gasteiger partial charge in [0.15, 0.2) is 0 Å². The molecular formula is C30H24ClF4N5O4. The number of aliphatic hydroxyl groups is 1. The minimum atomic E-state index is -2.98. The second kappa shape index (κ2) is 12.2. The lowest BCUT2D eigenvalue weighted by molar-refractivity contribution is -0.133. The normalized spacial score (nSPS) is 20.0. The first-order valence-corrected chi connectivity index (χ1v) is 13.8. The van der Waals surface area contributed by atoms with E-state index in [0.717, 1.165) is 21.9 Å². The van der Waals surface area contributed by atoms with Gasteiger partial charge in [-0.05, 0) is 30.3 Å². The van der Waals surface area contributed by atoms with Crippen LogP contribution in [0.2, 0.25) is 5.02 Å². The molecule has 1 aliphatic carbocycles. The van der Waals surface area contributed by atoms with Crippen molar-refractivity contribution in [1.29, 1.82) is 5.26 Å². The van der Waals surface area contributed by atoms with Crippen molar-refractivity contribution in [1.82, 2.24) is 10.3 Å². The summed E-state index contributed by atoms with van der Waals surface area (Å²) in [6.07, 6.45) is -2.34. The molecule has 0 radical (unpaired) electrons. The van der Waals surface area contributed by atoms with E-state index in [1.807, 2.05) is 6.07 Å². The molecule has 14 heteroatoms. The van der Waals surface area contributed by atoms with Crippen molar-refractivity contribution in [3.05, 3.63) is 88.6 Å². The number of carbonyl (C=O) groups excluding carboxylic acids is 3. The highest BCUT2D eigenvalue weighted by Crippen LogP contribution is 2.39. The summed E-state index contributed by atoms with van der Waals surface area (Å²) in [6, 6.07) is 9.03. The van der Waals surface area contributed by atoms with Crippen LogP contribution in [0.15, 0.2) is 60.8 Å². The van der Waals surface area contributed by atoms with Gasteiger partial charge >= 0.3 is 0 Å². The Bertz CT molecular complexity index is 1640. The molecule has 228 valence electrons. The van der Waals surface area contributed by atoms with Crippen molar-refractivity contribution in [3.63, 3.8) is 0 Å². The molecule has 2 N–H and O–H groups in total. The largest absolute Gasteiger partial charge is 0.383 e. The van der Waals surface area contributed by atoms with Crippen LogP contribution in [0, 0.1) is 23.0 Å². The third-order valence-corrected chi connectivity index (χ3v) is 7.80. The summed E-state index contributed by atoms with van der Waals surface area (Å²) in [5.41, 5.74) is -0.186. The average molecular weight is 630 g/mol. The molecule has 3 aromatic rings. The molecule has 1 saturated heterocycles. The van der Waals surface area contributed by atoms with E-state index in [9.17, 15) is 42.3 Å². The first kappa shape index (κ1) is 30.9. The maximum Gasteiger partial charge on any atom is 0.257 e. The van der Waals surface area contributed by atoms with E-state index in [1.54, 1.807) is 6.07 Å². The number of pyridine rings is 1. The fraction of sp³-hybridized carbons (Fsp3) is 0.300. The lowest BCUT2D eigenvalue weighted by atomic mass is 9.87. The van der Waals surface area contributed by atoms with E-state index in [2.05, 4.69) is 10.3 Å². The molecular weight excluding hydrogens is 606 g/mol. The molecule has 3 amide bonds. The zero-order valence-corrected chi connectivity index (χ0v) is 23.5. The first-order valence-electron chi connectivity index (χ1n) is 13.4. The van der Waals surface area contributed by atoms with Gasteiger partial charge in [0.05, 0.1) is 23.4 Å². The van der Waals surface area contributed by atoms with Crippen LogP contribution in [-0.4, -0.2) is 51.9 Å². The minimum Gasteiger partial charge on any atom is -0.383 e. The number of nitrogens with zero attached hydrogens (tertiary/aromatic N) is 4. The molecule has 9 nitrogen and oxygen atoms in total. The Hall–Kier alpha value is -4.54. The van der Waals surface area contributed by atoms with E-state index in [4.69, 9.17) is 11.6 Å². The standard InChI is InChI=1S/C30H24ClF4N5O4/c31-23-4-2-1-3-22(23)27(28(43)38-19-13-30(34,35)14-19)40(20-9-17(32)8-18(33)10-20)26(42)12-21-11-24(41)29(44)39(21)25-7-16(15-36)5-6-37-25/h1-10,19,21,24,27,41H,11-14H2,(H,38,43)/t21-,24+,27-/m0/s1. The topological polar surface area (TPSA) is 127 Å². The molecule has 44 heavy (non-hydrogen) atoms. The van der Waals surface area contributed by atoms with Crippen LogP contribution < -0.4 is 15.1 Å². The third-order valence-electron chi connectivity index (χ3n) is 7.45. The number of aliphatic hydroxyl groups excluding tert-OH is 1. The summed E-state index contributed by atoms with van der Waals surface area (Å²) in [7, 11) is 0. The number of rotatable bonds is 8. The monoisotopic (exact) mass is 629 g/mol. The van der Waals surface area contributed by atoms with E-state index < -0.39 is 78.8 Å². The number of hydrogen-bond acceptors (Lipinski definition) is 6. The van der Waals surface area contributed by atoms with E-state index >= 15 is 0 Å². The molecule has 1 aliphatic heterocycles. The Morgan fingerprint density at radius 3 is 2.48 bits per heavy atom. The predicted molar refractivity (Wildman–Crippen MR) is 150 cm³/mol. The number of anilines is 2. The van der Waals surface area contributed by atoms with E-state index in [0.29, 0.717) is 6.07 Å². The van der Waals surface area contributed by atoms with Crippen molar-refractivity contribution in [2.24, 2.45) is 0 Å². The lowest BCUT2D eigenvalue weighted by Gasteiger charge is -2.38. The predicted octanol–water partition coefficient (Wildman–Crippen LogP) is 4.43. The molecule has 2 heterocycles. The second-order valence-corrected chi connectivity index (χ2v) is 11.0. The number of benzene rings is 2. The Labute approximate surface area is 253 Å². The average Bonchev–Trinajstić information content (AvgIpc) is 3.22. The number of nitrogens with one attached hydrogen (secondary N) is 1. The highest BCUT2D eigenvalue weighted by Gasteiger charge is 2.48. The molecule has 0 unspecified atom stereocenters. The SMILES string of the molecule is N#Cc1ccnc(N2C(=O)[C@H](O)C[C@H]2CC(=O)N(c2cc(F)cc(F)c2)[C@H](C(=O)NC2CC(F)(F)C2)c2ccccc2Cl)c1. The van der Waals surface area contributed by atoms with Crippen LogP contribution >= 0.6 is 11.6 Å². The van der Waals surface area contributed by atoms with Gasteiger partial charge in [0.1, 0.15) is 29.6 Å². The molecule has 2 aliphatic rings. The van der Waals surface area contributed by atoms with Crippen LogP contribution in [0.25, 0.3) is 0 Å². The smallest absolute Gasteiger partial charge is 0.257 e. The quantitative estimate of drug-likeness (QED) is 0.355. The van der Waals surface area contributed by atoms with Gasteiger partial charge in [0, 0.05) is 54.6 Å². The van der Waals surface area contributed by atoms with Crippen molar-refractivity contribution >= 4 is 40.8 Å². The van der Waals surface area contributed by atoms with E-state index in [1.165, 1.54) is 36.5 Å². The molecule has 2 aromatic carbocycles. The molecule has 1 aromatic heterocycles.